The minimum atomic E-state index is -2.27. The third kappa shape index (κ3) is 3.64. The molecule has 0 saturated heterocycles. The number of hydrogen-bond acceptors (Lipinski definition) is 9. The molecule has 0 bridgehead atoms. The maximum Gasteiger partial charge on any atom is 0.354 e. The topological polar surface area (TPSA) is 126 Å². The summed E-state index contributed by atoms with van der Waals surface area (Å²) in [6.45, 7) is 0. The summed E-state index contributed by atoms with van der Waals surface area (Å²) in [5.74, 6) is -3.58. The van der Waals surface area contributed by atoms with Gasteiger partial charge in [-0.1, -0.05) is 18.2 Å². The first kappa shape index (κ1) is 21.7. The lowest BCUT2D eigenvalue weighted by molar-refractivity contribution is -0.150. The Balaban J connectivity index is 2.19. The highest BCUT2D eigenvalue weighted by Gasteiger charge is 2.62. The molecule has 3 rings (SSSR count). The SMILES string of the molecule is COC(=O)C1=C(O)C(=O)N(c2ccc(OC)cc2)C1(NNc1ccccc1)C(=O)OC. The predicted molar refractivity (Wildman–Crippen MR) is 110 cm³/mol. The van der Waals surface area contributed by atoms with Gasteiger partial charge in [-0.25, -0.2) is 9.59 Å². The van der Waals surface area contributed by atoms with Crippen LogP contribution in [-0.2, 0) is 23.9 Å². The summed E-state index contributed by atoms with van der Waals surface area (Å²) in [6, 6.07) is 14.7. The van der Waals surface area contributed by atoms with E-state index in [1.165, 1.54) is 19.2 Å². The molecule has 1 aliphatic heterocycles. The Morgan fingerprint density at radius 2 is 1.61 bits per heavy atom. The summed E-state index contributed by atoms with van der Waals surface area (Å²) >= 11 is 0. The van der Waals surface area contributed by atoms with Crippen LogP contribution < -0.4 is 20.5 Å². The van der Waals surface area contributed by atoms with E-state index in [2.05, 4.69) is 10.9 Å². The first-order valence-electron chi connectivity index (χ1n) is 9.08. The van der Waals surface area contributed by atoms with Crippen LogP contribution in [0.15, 0.2) is 65.9 Å². The number of nitrogens with one attached hydrogen (secondary N) is 2. The van der Waals surface area contributed by atoms with E-state index in [1.54, 1.807) is 42.5 Å². The molecule has 3 N–H and O–H groups in total. The van der Waals surface area contributed by atoms with Crippen LogP contribution in [0.3, 0.4) is 0 Å². The number of ether oxygens (including phenoxy) is 3. The van der Waals surface area contributed by atoms with Crippen molar-refractivity contribution in [3.63, 3.8) is 0 Å². The molecule has 10 heteroatoms. The number of anilines is 2. The lowest BCUT2D eigenvalue weighted by Gasteiger charge is -2.37. The second-order valence-corrected chi connectivity index (χ2v) is 6.37. The summed E-state index contributed by atoms with van der Waals surface area (Å²) in [5, 5.41) is 10.6. The molecule has 1 aliphatic rings. The largest absolute Gasteiger partial charge is 0.503 e. The van der Waals surface area contributed by atoms with E-state index in [1.807, 2.05) is 0 Å². The van der Waals surface area contributed by atoms with Crippen LogP contribution in [0, 0.1) is 0 Å². The van der Waals surface area contributed by atoms with E-state index in [-0.39, 0.29) is 5.69 Å². The molecule has 0 fully saturated rings. The number of aliphatic hydroxyl groups excluding tert-OH is 1. The van der Waals surface area contributed by atoms with Crippen LogP contribution in [0.5, 0.6) is 5.75 Å². The van der Waals surface area contributed by atoms with E-state index < -0.39 is 34.8 Å². The number of rotatable bonds is 7. The van der Waals surface area contributed by atoms with Crippen molar-refractivity contribution in [2.24, 2.45) is 0 Å². The van der Waals surface area contributed by atoms with Gasteiger partial charge in [0.1, 0.15) is 11.3 Å². The number of hydrazine groups is 1. The number of hydrogen-bond donors (Lipinski definition) is 3. The Bertz CT molecular complexity index is 1020. The second kappa shape index (κ2) is 8.76. The molecule has 2 aromatic carbocycles. The lowest BCUT2D eigenvalue weighted by atomic mass is 10.00. The summed E-state index contributed by atoms with van der Waals surface area (Å²) < 4.78 is 14.8. The molecule has 1 heterocycles. The van der Waals surface area contributed by atoms with Gasteiger partial charge in [0, 0.05) is 11.4 Å². The van der Waals surface area contributed by atoms with Crippen LogP contribution in [0.1, 0.15) is 0 Å². The Morgan fingerprint density at radius 3 is 2.16 bits per heavy atom. The fourth-order valence-corrected chi connectivity index (χ4v) is 3.23. The number of methoxy groups -OCH3 is 3. The van der Waals surface area contributed by atoms with Crippen molar-refractivity contribution in [1.82, 2.24) is 5.43 Å². The third-order valence-corrected chi connectivity index (χ3v) is 4.70. The minimum absolute atomic E-state index is 0.184. The van der Waals surface area contributed by atoms with Crippen LogP contribution in [-0.4, -0.2) is 49.9 Å². The van der Waals surface area contributed by atoms with Crippen molar-refractivity contribution in [1.29, 1.82) is 0 Å². The van der Waals surface area contributed by atoms with E-state index in [0.717, 1.165) is 19.1 Å². The molecule has 0 aliphatic carbocycles. The van der Waals surface area contributed by atoms with Crippen LogP contribution >= 0.6 is 0 Å². The Morgan fingerprint density at radius 1 is 0.968 bits per heavy atom. The van der Waals surface area contributed by atoms with Crippen LogP contribution in [0.4, 0.5) is 11.4 Å². The van der Waals surface area contributed by atoms with Crippen molar-refractivity contribution in [3.8, 4) is 5.75 Å². The van der Waals surface area contributed by atoms with Crippen molar-refractivity contribution >= 4 is 29.2 Å². The molecule has 1 amide bonds. The number of para-hydroxylation sites is 1. The molecule has 1 atom stereocenters. The van der Waals surface area contributed by atoms with Gasteiger partial charge < -0.3 is 24.7 Å². The van der Waals surface area contributed by atoms with E-state index in [9.17, 15) is 19.5 Å². The molecule has 162 valence electrons. The quantitative estimate of drug-likeness (QED) is 0.445. The number of nitrogens with zero attached hydrogens (tertiary/aromatic N) is 1. The molecule has 0 aromatic heterocycles. The second-order valence-electron chi connectivity index (χ2n) is 6.37. The van der Waals surface area contributed by atoms with E-state index in [4.69, 9.17) is 14.2 Å². The minimum Gasteiger partial charge on any atom is -0.503 e. The van der Waals surface area contributed by atoms with Crippen molar-refractivity contribution in [2.75, 3.05) is 31.7 Å². The Hall–Kier alpha value is -4.05. The van der Waals surface area contributed by atoms with E-state index >= 15 is 0 Å². The van der Waals surface area contributed by atoms with Crippen molar-refractivity contribution in [3.05, 3.63) is 65.9 Å². The molecular weight excluding hydrogens is 406 g/mol. The summed E-state index contributed by atoms with van der Waals surface area (Å²) in [7, 11) is 3.63. The smallest absolute Gasteiger partial charge is 0.354 e. The molecule has 10 nitrogen and oxygen atoms in total. The average molecular weight is 427 g/mol. The highest BCUT2D eigenvalue weighted by atomic mass is 16.5. The molecule has 2 aromatic rings. The highest BCUT2D eigenvalue weighted by molar-refractivity contribution is 6.22. The van der Waals surface area contributed by atoms with Gasteiger partial charge in [0.2, 0.25) is 0 Å². The maximum absolute atomic E-state index is 13.1. The summed E-state index contributed by atoms with van der Waals surface area (Å²) in [4.78, 5) is 39.6. The van der Waals surface area contributed by atoms with Crippen molar-refractivity contribution in [2.45, 2.75) is 5.66 Å². The lowest BCUT2D eigenvalue weighted by Crippen LogP contribution is -2.67. The van der Waals surface area contributed by atoms with Gasteiger partial charge in [-0.3, -0.25) is 9.69 Å². The molecule has 0 radical (unpaired) electrons. The molecule has 0 saturated carbocycles. The van der Waals surface area contributed by atoms with Gasteiger partial charge in [-0.05, 0) is 36.4 Å². The van der Waals surface area contributed by atoms with Crippen molar-refractivity contribution < 1.29 is 33.7 Å². The van der Waals surface area contributed by atoms with Gasteiger partial charge in [0.05, 0.1) is 21.3 Å². The zero-order valence-electron chi connectivity index (χ0n) is 17.0. The van der Waals surface area contributed by atoms with Gasteiger partial charge in [-0.2, -0.15) is 5.43 Å². The van der Waals surface area contributed by atoms with E-state index in [0.29, 0.717) is 11.4 Å². The Kier molecular flexibility index (Phi) is 6.12. The zero-order valence-corrected chi connectivity index (χ0v) is 17.0. The summed E-state index contributed by atoms with van der Waals surface area (Å²) in [5.41, 5.74) is 3.30. The number of amides is 1. The summed E-state index contributed by atoms with van der Waals surface area (Å²) in [6.07, 6.45) is 0. The van der Waals surface area contributed by atoms with Gasteiger partial charge in [0.25, 0.3) is 11.6 Å². The normalized spacial score (nSPS) is 18.0. The van der Waals surface area contributed by atoms with Crippen LogP contribution in [0.2, 0.25) is 0 Å². The van der Waals surface area contributed by atoms with Crippen LogP contribution in [0.25, 0.3) is 0 Å². The maximum atomic E-state index is 13.1. The third-order valence-electron chi connectivity index (χ3n) is 4.70. The monoisotopic (exact) mass is 427 g/mol. The first-order valence-corrected chi connectivity index (χ1v) is 9.08. The average Bonchev–Trinajstić information content (AvgIpc) is 3.04. The predicted octanol–water partition coefficient (Wildman–Crippen LogP) is 1.51. The molecule has 1 unspecified atom stereocenters. The van der Waals surface area contributed by atoms with Gasteiger partial charge in [0.15, 0.2) is 5.76 Å². The number of benzene rings is 2. The number of carbonyl (C=O) groups excluding carboxylic acids is 3. The zero-order chi connectivity index (χ0) is 22.6. The molecular formula is C21H21N3O7. The fourth-order valence-electron chi connectivity index (χ4n) is 3.23. The number of carbonyl (C=O) groups is 3. The van der Waals surface area contributed by atoms with Gasteiger partial charge in [-0.15, -0.1) is 0 Å². The number of aliphatic hydroxyl groups is 1. The Labute approximate surface area is 178 Å². The van der Waals surface area contributed by atoms with Gasteiger partial charge >= 0.3 is 11.9 Å². The standard InChI is InChI=1S/C21H21N3O7/c1-29-15-11-9-14(10-12-15)24-18(26)17(25)16(19(27)30-2)21(24,20(28)31-3)23-22-13-7-5-4-6-8-13/h4-12,22-23,25H,1-3H3. The fraction of sp³-hybridized carbons (Fsp3) is 0.190. The number of esters is 2. The molecule has 0 spiro atoms. The first-order chi connectivity index (χ1) is 14.9. The molecule has 31 heavy (non-hydrogen) atoms. The highest BCUT2D eigenvalue weighted by Crippen LogP contribution is 2.39.